The van der Waals surface area contributed by atoms with Crippen LogP contribution >= 0.6 is 23.2 Å². The number of benzene rings is 1. The van der Waals surface area contributed by atoms with Crippen LogP contribution in [0.5, 0.6) is 0 Å². The standard InChI is InChI=1S/C24H36Cl2N2O/c1-18-6-3-4-7-21(18)22(19(2)29)8-5-11-27-12-14-28(15-13-27)17-20-9-10-23(25)24(26)16-20/h9-10,16,18,21-22H,3-8,11-15,17H2,1-2H3. The average Bonchev–Trinajstić information content (AvgIpc) is 2.70. The zero-order valence-corrected chi connectivity index (χ0v) is 19.5. The van der Waals surface area contributed by atoms with Crippen LogP contribution in [-0.4, -0.2) is 48.3 Å². The van der Waals surface area contributed by atoms with Gasteiger partial charge < -0.3 is 4.90 Å². The highest BCUT2D eigenvalue weighted by Gasteiger charge is 2.31. The van der Waals surface area contributed by atoms with Gasteiger partial charge in [0.2, 0.25) is 0 Å². The number of carbonyl (C=O) groups is 1. The molecule has 0 N–H and O–H groups in total. The van der Waals surface area contributed by atoms with Crippen molar-refractivity contribution in [3.05, 3.63) is 33.8 Å². The van der Waals surface area contributed by atoms with Crippen molar-refractivity contribution in [2.24, 2.45) is 17.8 Å². The summed E-state index contributed by atoms with van der Waals surface area (Å²) in [5.74, 6) is 2.02. The van der Waals surface area contributed by atoms with Crippen molar-refractivity contribution in [3.8, 4) is 0 Å². The molecule has 0 amide bonds. The van der Waals surface area contributed by atoms with Crippen LogP contribution in [-0.2, 0) is 11.3 Å². The number of carbonyl (C=O) groups excluding carboxylic acids is 1. The molecule has 1 aromatic rings. The number of ketones is 1. The Labute approximate surface area is 186 Å². The molecular weight excluding hydrogens is 403 g/mol. The molecule has 3 atom stereocenters. The van der Waals surface area contributed by atoms with Crippen molar-refractivity contribution in [2.45, 2.75) is 58.9 Å². The van der Waals surface area contributed by atoms with Crippen LogP contribution in [0.2, 0.25) is 10.0 Å². The van der Waals surface area contributed by atoms with Gasteiger partial charge in [0.05, 0.1) is 10.0 Å². The maximum absolute atomic E-state index is 12.3. The SMILES string of the molecule is CC(=O)C(CCCN1CCN(Cc2ccc(Cl)c(Cl)c2)CC1)C1CCCCC1C. The van der Waals surface area contributed by atoms with Crippen LogP contribution in [0.4, 0.5) is 0 Å². The maximum Gasteiger partial charge on any atom is 0.133 e. The van der Waals surface area contributed by atoms with Gasteiger partial charge in [-0.1, -0.05) is 55.5 Å². The van der Waals surface area contributed by atoms with Crippen LogP contribution in [0.25, 0.3) is 0 Å². The molecule has 1 aliphatic heterocycles. The van der Waals surface area contributed by atoms with Crippen molar-refractivity contribution in [1.82, 2.24) is 9.80 Å². The minimum Gasteiger partial charge on any atom is -0.301 e. The van der Waals surface area contributed by atoms with Gasteiger partial charge in [0, 0.05) is 38.6 Å². The van der Waals surface area contributed by atoms with Gasteiger partial charge in [-0.25, -0.2) is 0 Å². The third kappa shape index (κ3) is 6.69. The first kappa shape index (κ1) is 23.1. The molecular formula is C24H36Cl2N2O. The molecule has 3 nitrogen and oxygen atoms in total. The highest BCUT2D eigenvalue weighted by atomic mass is 35.5. The summed E-state index contributed by atoms with van der Waals surface area (Å²) in [7, 11) is 0. The van der Waals surface area contributed by atoms with Crippen molar-refractivity contribution < 1.29 is 4.79 Å². The molecule has 5 heteroatoms. The fourth-order valence-electron chi connectivity index (χ4n) is 5.26. The second-order valence-corrected chi connectivity index (χ2v) is 9.97. The van der Waals surface area contributed by atoms with Crippen LogP contribution in [0.15, 0.2) is 18.2 Å². The van der Waals surface area contributed by atoms with Crippen molar-refractivity contribution in [2.75, 3.05) is 32.7 Å². The van der Waals surface area contributed by atoms with Crippen LogP contribution in [0.3, 0.4) is 0 Å². The number of piperazine rings is 1. The molecule has 1 heterocycles. The summed E-state index contributed by atoms with van der Waals surface area (Å²) < 4.78 is 0. The predicted molar refractivity (Wildman–Crippen MR) is 123 cm³/mol. The highest BCUT2D eigenvalue weighted by Crippen LogP contribution is 2.37. The lowest BCUT2D eigenvalue weighted by Crippen LogP contribution is -2.46. The second kappa shape index (κ2) is 11.1. The number of hydrogen-bond donors (Lipinski definition) is 0. The van der Waals surface area contributed by atoms with Gasteiger partial charge in [0.1, 0.15) is 5.78 Å². The molecule has 2 aliphatic rings. The molecule has 3 rings (SSSR count). The summed E-state index contributed by atoms with van der Waals surface area (Å²) in [6.45, 7) is 10.6. The summed E-state index contributed by atoms with van der Waals surface area (Å²) in [6.07, 6.45) is 7.40. The predicted octanol–water partition coefficient (Wildman–Crippen LogP) is 5.92. The van der Waals surface area contributed by atoms with Crippen LogP contribution < -0.4 is 0 Å². The Morgan fingerprint density at radius 2 is 1.76 bits per heavy atom. The molecule has 1 aliphatic carbocycles. The van der Waals surface area contributed by atoms with E-state index < -0.39 is 0 Å². The number of halogens is 2. The smallest absolute Gasteiger partial charge is 0.133 e. The summed E-state index contributed by atoms with van der Waals surface area (Å²) in [4.78, 5) is 17.3. The summed E-state index contributed by atoms with van der Waals surface area (Å²) in [5, 5.41) is 1.25. The monoisotopic (exact) mass is 438 g/mol. The Balaban J connectivity index is 1.40. The van der Waals surface area contributed by atoms with E-state index in [1.807, 2.05) is 19.1 Å². The molecule has 162 valence electrons. The third-order valence-corrected chi connectivity index (χ3v) is 7.80. The van der Waals surface area contributed by atoms with Crippen LogP contribution in [0, 0.1) is 17.8 Å². The molecule has 1 aromatic carbocycles. The van der Waals surface area contributed by atoms with Crippen molar-refractivity contribution in [1.29, 1.82) is 0 Å². The molecule has 29 heavy (non-hydrogen) atoms. The fourth-order valence-corrected chi connectivity index (χ4v) is 5.58. The van der Waals surface area contributed by atoms with Crippen molar-refractivity contribution in [3.63, 3.8) is 0 Å². The quantitative estimate of drug-likeness (QED) is 0.502. The van der Waals surface area contributed by atoms with Gasteiger partial charge in [-0.15, -0.1) is 0 Å². The number of nitrogens with zero attached hydrogens (tertiary/aromatic N) is 2. The summed E-state index contributed by atoms with van der Waals surface area (Å²) in [6, 6.07) is 5.92. The molecule has 1 saturated carbocycles. The fraction of sp³-hybridized carbons (Fsp3) is 0.708. The van der Waals surface area contributed by atoms with Crippen LogP contribution in [0.1, 0.15) is 57.9 Å². The minimum absolute atomic E-state index is 0.279. The zero-order valence-electron chi connectivity index (χ0n) is 18.0. The van der Waals surface area contributed by atoms with E-state index in [1.54, 1.807) is 0 Å². The molecule has 0 aromatic heterocycles. The first-order valence-corrected chi connectivity index (χ1v) is 12.1. The number of hydrogen-bond acceptors (Lipinski definition) is 3. The van der Waals surface area contributed by atoms with Gasteiger partial charge in [-0.2, -0.15) is 0 Å². The van der Waals surface area contributed by atoms with E-state index in [0.29, 0.717) is 27.7 Å². The van der Waals surface area contributed by atoms with E-state index >= 15 is 0 Å². The molecule has 1 saturated heterocycles. The Morgan fingerprint density at radius 3 is 2.41 bits per heavy atom. The van der Waals surface area contributed by atoms with E-state index in [1.165, 1.54) is 31.2 Å². The van der Waals surface area contributed by atoms with Gasteiger partial charge in [-0.05, 0) is 62.3 Å². The largest absolute Gasteiger partial charge is 0.301 e. The average molecular weight is 439 g/mol. The zero-order chi connectivity index (χ0) is 20.8. The molecule has 0 spiro atoms. The lowest BCUT2D eigenvalue weighted by molar-refractivity contribution is -0.123. The summed E-state index contributed by atoms with van der Waals surface area (Å²) >= 11 is 12.2. The second-order valence-electron chi connectivity index (χ2n) is 9.15. The topological polar surface area (TPSA) is 23.6 Å². The maximum atomic E-state index is 12.3. The number of rotatable bonds is 8. The van der Waals surface area contributed by atoms with E-state index in [-0.39, 0.29) is 5.92 Å². The Bertz CT molecular complexity index is 673. The Morgan fingerprint density at radius 1 is 1.07 bits per heavy atom. The normalized spacial score (nSPS) is 25.1. The van der Waals surface area contributed by atoms with E-state index in [0.717, 1.165) is 52.1 Å². The van der Waals surface area contributed by atoms with E-state index in [9.17, 15) is 4.79 Å². The first-order chi connectivity index (χ1) is 13.9. The van der Waals surface area contributed by atoms with Crippen molar-refractivity contribution >= 4 is 29.0 Å². The Hall–Kier alpha value is -0.610. The first-order valence-electron chi connectivity index (χ1n) is 11.3. The van der Waals surface area contributed by atoms with E-state index in [2.05, 4.69) is 22.8 Å². The Kier molecular flexibility index (Phi) is 8.85. The highest BCUT2D eigenvalue weighted by molar-refractivity contribution is 6.42. The molecule has 0 radical (unpaired) electrons. The molecule has 2 fully saturated rings. The van der Waals surface area contributed by atoms with E-state index in [4.69, 9.17) is 23.2 Å². The summed E-state index contributed by atoms with van der Waals surface area (Å²) in [5.41, 5.74) is 1.22. The van der Waals surface area contributed by atoms with Gasteiger partial charge in [0.15, 0.2) is 0 Å². The number of Topliss-reactive ketones (excluding diaryl/α,β-unsaturated/α-hetero) is 1. The molecule has 3 unspecified atom stereocenters. The van der Waals surface area contributed by atoms with Gasteiger partial charge in [-0.3, -0.25) is 9.69 Å². The van der Waals surface area contributed by atoms with Gasteiger partial charge >= 0.3 is 0 Å². The molecule has 0 bridgehead atoms. The lowest BCUT2D eigenvalue weighted by Gasteiger charge is -2.36. The lowest BCUT2D eigenvalue weighted by atomic mass is 9.70. The third-order valence-electron chi connectivity index (χ3n) is 7.06. The van der Waals surface area contributed by atoms with Gasteiger partial charge in [0.25, 0.3) is 0 Å². The minimum atomic E-state index is 0.279.